The fourth-order valence-corrected chi connectivity index (χ4v) is 2.82. The van der Waals surface area contributed by atoms with E-state index in [4.69, 9.17) is 14.2 Å². The van der Waals surface area contributed by atoms with Gasteiger partial charge in [-0.25, -0.2) is 4.79 Å². The predicted molar refractivity (Wildman–Crippen MR) is 104 cm³/mol. The van der Waals surface area contributed by atoms with Crippen LogP contribution in [0.1, 0.15) is 23.2 Å². The standard InChI is InChI=1S/C20H21N3O5/c1-26-16-10-12(11-17-18(16)28-9-8-27-17)19(24)21-13-2-4-14(5-3-13)22-20(25)23-15-6-7-15/h2-5,10-11,15H,6-9H2,1H3,(H,21,24)(H2,22,23,25). The van der Waals surface area contributed by atoms with Gasteiger partial charge in [0.05, 0.1) is 7.11 Å². The molecule has 1 fully saturated rings. The maximum atomic E-state index is 12.6. The Bertz CT molecular complexity index is 876. The fraction of sp³-hybridized carbons (Fsp3) is 0.300. The number of carbonyl (C=O) groups excluding carboxylic acids is 2. The molecule has 1 aliphatic carbocycles. The molecule has 2 aliphatic rings. The summed E-state index contributed by atoms with van der Waals surface area (Å²) in [7, 11) is 1.51. The van der Waals surface area contributed by atoms with Gasteiger partial charge in [-0.05, 0) is 49.2 Å². The van der Waals surface area contributed by atoms with Gasteiger partial charge in [0.1, 0.15) is 13.2 Å². The van der Waals surface area contributed by atoms with Crippen molar-refractivity contribution in [1.82, 2.24) is 5.32 Å². The number of amides is 3. The highest BCUT2D eigenvalue weighted by Crippen LogP contribution is 2.40. The highest BCUT2D eigenvalue weighted by molar-refractivity contribution is 6.05. The van der Waals surface area contributed by atoms with Gasteiger partial charge in [-0.3, -0.25) is 4.79 Å². The highest BCUT2D eigenvalue weighted by Gasteiger charge is 2.23. The third-order valence-electron chi connectivity index (χ3n) is 4.40. The zero-order valence-electron chi connectivity index (χ0n) is 15.4. The summed E-state index contributed by atoms with van der Waals surface area (Å²) in [6.07, 6.45) is 2.06. The van der Waals surface area contributed by atoms with Crippen molar-refractivity contribution in [3.05, 3.63) is 42.0 Å². The van der Waals surface area contributed by atoms with Gasteiger partial charge in [0.2, 0.25) is 5.75 Å². The first kappa shape index (κ1) is 18.0. The maximum absolute atomic E-state index is 12.6. The Balaban J connectivity index is 1.42. The zero-order valence-corrected chi connectivity index (χ0v) is 15.4. The molecule has 8 heteroatoms. The quantitative estimate of drug-likeness (QED) is 0.737. The van der Waals surface area contributed by atoms with E-state index in [1.807, 2.05) is 0 Å². The van der Waals surface area contributed by atoms with Crippen LogP contribution in [0.4, 0.5) is 16.2 Å². The van der Waals surface area contributed by atoms with Crippen LogP contribution in [0.2, 0.25) is 0 Å². The van der Waals surface area contributed by atoms with E-state index in [-0.39, 0.29) is 11.9 Å². The monoisotopic (exact) mass is 383 g/mol. The van der Waals surface area contributed by atoms with Crippen LogP contribution in [-0.4, -0.2) is 38.3 Å². The van der Waals surface area contributed by atoms with E-state index < -0.39 is 0 Å². The molecule has 0 saturated heterocycles. The van der Waals surface area contributed by atoms with Gasteiger partial charge < -0.3 is 30.2 Å². The number of urea groups is 1. The average Bonchev–Trinajstić information content (AvgIpc) is 3.52. The summed E-state index contributed by atoms with van der Waals surface area (Å²) in [4.78, 5) is 24.4. The van der Waals surface area contributed by atoms with E-state index in [9.17, 15) is 9.59 Å². The molecule has 0 aromatic heterocycles. The van der Waals surface area contributed by atoms with Crippen molar-refractivity contribution in [2.75, 3.05) is 31.0 Å². The number of ether oxygens (including phenoxy) is 3. The Labute approximate surface area is 162 Å². The molecule has 0 radical (unpaired) electrons. The second-order valence-electron chi connectivity index (χ2n) is 6.61. The van der Waals surface area contributed by atoms with E-state index in [1.165, 1.54) is 7.11 Å². The maximum Gasteiger partial charge on any atom is 0.319 e. The Morgan fingerprint density at radius 2 is 1.68 bits per heavy atom. The molecule has 0 atom stereocenters. The summed E-state index contributed by atoms with van der Waals surface area (Å²) in [5, 5.41) is 8.44. The lowest BCUT2D eigenvalue weighted by molar-refractivity contribution is 0.102. The van der Waals surface area contributed by atoms with Gasteiger partial charge in [0.25, 0.3) is 5.91 Å². The van der Waals surface area contributed by atoms with E-state index in [1.54, 1.807) is 36.4 Å². The SMILES string of the molecule is COc1cc(C(=O)Nc2ccc(NC(=O)NC3CC3)cc2)cc2c1OCCO2. The summed E-state index contributed by atoms with van der Waals surface area (Å²) in [6.45, 7) is 0.859. The Morgan fingerprint density at radius 3 is 2.36 bits per heavy atom. The van der Waals surface area contributed by atoms with E-state index in [0.717, 1.165) is 12.8 Å². The molecule has 0 bridgehead atoms. The minimum atomic E-state index is -0.303. The highest BCUT2D eigenvalue weighted by atomic mass is 16.6. The Kier molecular flexibility index (Phi) is 4.92. The second-order valence-corrected chi connectivity index (χ2v) is 6.61. The number of anilines is 2. The number of benzene rings is 2. The predicted octanol–water partition coefficient (Wildman–Crippen LogP) is 3.00. The number of methoxy groups -OCH3 is 1. The molecule has 8 nitrogen and oxygen atoms in total. The smallest absolute Gasteiger partial charge is 0.319 e. The number of fused-ring (bicyclic) bond motifs is 1. The second kappa shape index (κ2) is 7.67. The molecule has 1 heterocycles. The summed E-state index contributed by atoms with van der Waals surface area (Å²) in [5.41, 5.74) is 1.65. The van der Waals surface area contributed by atoms with Crippen LogP contribution in [-0.2, 0) is 0 Å². The first-order valence-corrected chi connectivity index (χ1v) is 9.09. The Morgan fingerprint density at radius 1 is 1.00 bits per heavy atom. The molecule has 146 valence electrons. The van der Waals surface area contributed by atoms with Crippen LogP contribution in [0.15, 0.2) is 36.4 Å². The first-order chi connectivity index (χ1) is 13.6. The third kappa shape index (κ3) is 4.11. The third-order valence-corrected chi connectivity index (χ3v) is 4.40. The topological polar surface area (TPSA) is 97.9 Å². The number of rotatable bonds is 5. The van der Waals surface area contributed by atoms with Crippen molar-refractivity contribution in [3.8, 4) is 17.2 Å². The normalized spacial score (nSPS) is 14.8. The molecular weight excluding hydrogens is 362 g/mol. The van der Waals surface area contributed by atoms with Crippen LogP contribution in [0.3, 0.4) is 0 Å². The van der Waals surface area contributed by atoms with Crippen LogP contribution in [0.5, 0.6) is 17.2 Å². The minimum absolute atomic E-state index is 0.220. The van der Waals surface area contributed by atoms with Crippen molar-refractivity contribution in [2.45, 2.75) is 18.9 Å². The largest absolute Gasteiger partial charge is 0.493 e. The lowest BCUT2D eigenvalue weighted by Gasteiger charge is -2.21. The summed E-state index contributed by atoms with van der Waals surface area (Å²) < 4.78 is 16.4. The molecule has 2 aromatic rings. The zero-order chi connectivity index (χ0) is 19.5. The number of hydrogen-bond donors (Lipinski definition) is 3. The van der Waals surface area contributed by atoms with Gasteiger partial charge in [-0.15, -0.1) is 0 Å². The van der Waals surface area contributed by atoms with Crippen molar-refractivity contribution in [2.24, 2.45) is 0 Å². The lowest BCUT2D eigenvalue weighted by atomic mass is 10.1. The van der Waals surface area contributed by atoms with Gasteiger partial charge in [0, 0.05) is 23.0 Å². The molecule has 1 saturated carbocycles. The van der Waals surface area contributed by atoms with Crippen molar-refractivity contribution >= 4 is 23.3 Å². The van der Waals surface area contributed by atoms with Gasteiger partial charge in [-0.1, -0.05) is 0 Å². The number of nitrogens with one attached hydrogen (secondary N) is 3. The van der Waals surface area contributed by atoms with Crippen molar-refractivity contribution in [1.29, 1.82) is 0 Å². The summed E-state index contributed by atoms with van der Waals surface area (Å²) in [5.74, 6) is 1.13. The van der Waals surface area contributed by atoms with Crippen LogP contribution in [0.25, 0.3) is 0 Å². The first-order valence-electron chi connectivity index (χ1n) is 9.09. The number of hydrogen-bond acceptors (Lipinski definition) is 5. The van der Waals surface area contributed by atoms with E-state index >= 15 is 0 Å². The molecule has 3 N–H and O–H groups in total. The molecule has 28 heavy (non-hydrogen) atoms. The molecule has 3 amide bonds. The summed E-state index contributed by atoms with van der Waals surface area (Å²) in [6, 6.07) is 10.2. The van der Waals surface area contributed by atoms with E-state index in [2.05, 4.69) is 16.0 Å². The van der Waals surface area contributed by atoms with Crippen molar-refractivity contribution in [3.63, 3.8) is 0 Å². The molecule has 1 aliphatic heterocycles. The van der Waals surface area contributed by atoms with Crippen LogP contribution >= 0.6 is 0 Å². The molecule has 4 rings (SSSR count). The van der Waals surface area contributed by atoms with Crippen LogP contribution in [0, 0.1) is 0 Å². The van der Waals surface area contributed by atoms with E-state index in [0.29, 0.717) is 53.4 Å². The molecule has 2 aromatic carbocycles. The molecule has 0 spiro atoms. The summed E-state index contributed by atoms with van der Waals surface area (Å²) >= 11 is 0. The number of carbonyl (C=O) groups is 2. The van der Waals surface area contributed by atoms with Gasteiger partial charge >= 0.3 is 6.03 Å². The Hall–Kier alpha value is -3.42. The fourth-order valence-electron chi connectivity index (χ4n) is 2.82. The van der Waals surface area contributed by atoms with Crippen LogP contribution < -0.4 is 30.2 Å². The van der Waals surface area contributed by atoms with Crippen molar-refractivity contribution < 1.29 is 23.8 Å². The van der Waals surface area contributed by atoms with Gasteiger partial charge in [0.15, 0.2) is 11.5 Å². The minimum Gasteiger partial charge on any atom is -0.493 e. The molecule has 0 unspecified atom stereocenters. The average molecular weight is 383 g/mol. The lowest BCUT2D eigenvalue weighted by Crippen LogP contribution is -2.30. The molecular formula is C20H21N3O5. The van der Waals surface area contributed by atoms with Gasteiger partial charge in [-0.2, -0.15) is 0 Å².